The standard InChI is InChI=1S/C17H27NO/c1-17(2,3)16-8-6-14(7-9-16)12-19-13-15-5-4-10-18-11-15/h6-9,15,18H,4-5,10-13H2,1-3H3/t15-/m1/s1. The highest BCUT2D eigenvalue weighted by molar-refractivity contribution is 5.27. The van der Waals surface area contributed by atoms with Gasteiger partial charge in [0.05, 0.1) is 13.2 Å². The lowest BCUT2D eigenvalue weighted by atomic mass is 9.87. The maximum Gasteiger partial charge on any atom is 0.0717 e. The quantitative estimate of drug-likeness (QED) is 0.895. The molecule has 0 aliphatic carbocycles. The number of nitrogens with one attached hydrogen (secondary N) is 1. The number of rotatable bonds is 4. The van der Waals surface area contributed by atoms with E-state index in [-0.39, 0.29) is 5.41 Å². The van der Waals surface area contributed by atoms with E-state index in [1.807, 2.05) is 0 Å². The molecule has 1 atom stereocenters. The first-order valence-corrected chi connectivity index (χ1v) is 7.43. The molecule has 2 rings (SSSR count). The molecular weight excluding hydrogens is 234 g/mol. The van der Waals surface area contributed by atoms with E-state index in [0.717, 1.165) is 19.8 Å². The van der Waals surface area contributed by atoms with E-state index in [1.54, 1.807) is 0 Å². The van der Waals surface area contributed by atoms with Gasteiger partial charge in [-0.05, 0) is 41.8 Å². The maximum atomic E-state index is 5.84. The molecule has 2 nitrogen and oxygen atoms in total. The van der Waals surface area contributed by atoms with E-state index in [0.29, 0.717) is 5.92 Å². The zero-order valence-corrected chi connectivity index (χ0v) is 12.5. The summed E-state index contributed by atoms with van der Waals surface area (Å²) in [7, 11) is 0. The molecule has 0 spiro atoms. The minimum atomic E-state index is 0.229. The van der Waals surface area contributed by atoms with Gasteiger partial charge in [0, 0.05) is 6.54 Å². The Kier molecular flexibility index (Phi) is 5.00. The molecule has 1 aromatic carbocycles. The van der Waals surface area contributed by atoms with Crippen molar-refractivity contribution < 1.29 is 4.74 Å². The van der Waals surface area contributed by atoms with E-state index in [4.69, 9.17) is 4.74 Å². The highest BCUT2D eigenvalue weighted by atomic mass is 16.5. The summed E-state index contributed by atoms with van der Waals surface area (Å²) in [5.74, 6) is 0.697. The van der Waals surface area contributed by atoms with Crippen LogP contribution in [0.15, 0.2) is 24.3 Å². The summed E-state index contributed by atoms with van der Waals surface area (Å²) in [4.78, 5) is 0. The minimum absolute atomic E-state index is 0.229. The van der Waals surface area contributed by atoms with E-state index >= 15 is 0 Å². The van der Waals surface area contributed by atoms with Crippen molar-refractivity contribution in [1.29, 1.82) is 0 Å². The van der Waals surface area contributed by atoms with Crippen molar-refractivity contribution in [2.75, 3.05) is 19.7 Å². The van der Waals surface area contributed by atoms with Crippen LogP contribution < -0.4 is 5.32 Å². The lowest BCUT2D eigenvalue weighted by Crippen LogP contribution is -2.32. The summed E-state index contributed by atoms with van der Waals surface area (Å²) in [5, 5.41) is 3.43. The Labute approximate surface area is 117 Å². The molecule has 2 heteroatoms. The Hall–Kier alpha value is -0.860. The van der Waals surface area contributed by atoms with Gasteiger partial charge in [-0.3, -0.25) is 0 Å². The van der Waals surface area contributed by atoms with E-state index in [1.165, 1.54) is 30.5 Å². The molecule has 0 bridgehead atoms. The van der Waals surface area contributed by atoms with Gasteiger partial charge in [-0.2, -0.15) is 0 Å². The zero-order chi connectivity index (χ0) is 13.7. The lowest BCUT2D eigenvalue weighted by molar-refractivity contribution is 0.0783. The Morgan fingerprint density at radius 3 is 2.53 bits per heavy atom. The smallest absolute Gasteiger partial charge is 0.0717 e. The topological polar surface area (TPSA) is 21.3 Å². The Balaban J connectivity index is 1.76. The van der Waals surface area contributed by atoms with Gasteiger partial charge >= 0.3 is 0 Å². The predicted octanol–water partition coefficient (Wildman–Crippen LogP) is 3.50. The Bertz CT molecular complexity index is 371. The average molecular weight is 261 g/mol. The van der Waals surface area contributed by atoms with Crippen molar-refractivity contribution in [3.05, 3.63) is 35.4 Å². The summed E-state index contributed by atoms with van der Waals surface area (Å²) >= 11 is 0. The molecule has 1 aliphatic heterocycles. The van der Waals surface area contributed by atoms with E-state index in [2.05, 4.69) is 50.4 Å². The summed E-state index contributed by atoms with van der Waals surface area (Å²) in [6.45, 7) is 10.6. The van der Waals surface area contributed by atoms with Crippen molar-refractivity contribution in [1.82, 2.24) is 5.32 Å². The third-order valence-electron chi connectivity index (χ3n) is 3.84. The first-order chi connectivity index (χ1) is 9.05. The molecule has 1 aliphatic rings. The molecule has 1 saturated heterocycles. The second-order valence-electron chi connectivity index (χ2n) is 6.67. The second kappa shape index (κ2) is 6.53. The first kappa shape index (κ1) is 14.5. The molecule has 1 heterocycles. The van der Waals surface area contributed by atoms with Crippen LogP contribution in [0.5, 0.6) is 0 Å². The van der Waals surface area contributed by atoms with Crippen molar-refractivity contribution in [2.45, 2.75) is 45.6 Å². The summed E-state index contributed by atoms with van der Waals surface area (Å²) in [6, 6.07) is 8.83. The number of ether oxygens (including phenoxy) is 1. The van der Waals surface area contributed by atoms with Crippen LogP contribution in [0.25, 0.3) is 0 Å². The van der Waals surface area contributed by atoms with Crippen molar-refractivity contribution >= 4 is 0 Å². The highest BCUT2D eigenvalue weighted by Gasteiger charge is 2.14. The van der Waals surface area contributed by atoms with Crippen molar-refractivity contribution in [3.8, 4) is 0 Å². The normalized spacial score (nSPS) is 20.5. The van der Waals surface area contributed by atoms with Crippen LogP contribution in [0.4, 0.5) is 0 Å². The third-order valence-corrected chi connectivity index (χ3v) is 3.84. The van der Waals surface area contributed by atoms with Gasteiger partial charge in [-0.15, -0.1) is 0 Å². The van der Waals surface area contributed by atoms with Gasteiger partial charge in [0.15, 0.2) is 0 Å². The maximum absolute atomic E-state index is 5.84. The van der Waals surface area contributed by atoms with Crippen LogP contribution in [0.3, 0.4) is 0 Å². The molecular formula is C17H27NO. The van der Waals surface area contributed by atoms with Gasteiger partial charge < -0.3 is 10.1 Å². The molecule has 1 fully saturated rings. The molecule has 106 valence electrons. The summed E-state index contributed by atoms with van der Waals surface area (Å²) in [5.41, 5.74) is 2.89. The van der Waals surface area contributed by atoms with Gasteiger partial charge in [0.25, 0.3) is 0 Å². The van der Waals surface area contributed by atoms with Crippen LogP contribution in [-0.4, -0.2) is 19.7 Å². The molecule has 0 saturated carbocycles. The van der Waals surface area contributed by atoms with Crippen LogP contribution in [0.2, 0.25) is 0 Å². The van der Waals surface area contributed by atoms with E-state index in [9.17, 15) is 0 Å². The predicted molar refractivity (Wildman–Crippen MR) is 80.4 cm³/mol. The highest BCUT2D eigenvalue weighted by Crippen LogP contribution is 2.22. The molecule has 1 N–H and O–H groups in total. The van der Waals surface area contributed by atoms with Gasteiger partial charge in [-0.1, -0.05) is 45.0 Å². The fourth-order valence-electron chi connectivity index (χ4n) is 2.51. The minimum Gasteiger partial charge on any atom is -0.376 e. The number of hydrogen-bond acceptors (Lipinski definition) is 2. The zero-order valence-electron chi connectivity index (χ0n) is 12.5. The molecule has 0 amide bonds. The number of hydrogen-bond donors (Lipinski definition) is 1. The number of benzene rings is 1. The van der Waals surface area contributed by atoms with Crippen LogP contribution >= 0.6 is 0 Å². The molecule has 1 aromatic rings. The lowest BCUT2D eigenvalue weighted by Gasteiger charge is -2.22. The SMILES string of the molecule is CC(C)(C)c1ccc(COC[C@@H]2CCCNC2)cc1. The van der Waals surface area contributed by atoms with Crippen LogP contribution in [-0.2, 0) is 16.8 Å². The van der Waals surface area contributed by atoms with Crippen LogP contribution in [0, 0.1) is 5.92 Å². The molecule has 0 unspecified atom stereocenters. The molecule has 0 aromatic heterocycles. The van der Waals surface area contributed by atoms with Gasteiger partial charge in [-0.25, -0.2) is 0 Å². The average Bonchev–Trinajstić information content (AvgIpc) is 2.39. The van der Waals surface area contributed by atoms with E-state index < -0.39 is 0 Å². The molecule has 0 radical (unpaired) electrons. The molecule has 19 heavy (non-hydrogen) atoms. The number of piperidine rings is 1. The van der Waals surface area contributed by atoms with Crippen molar-refractivity contribution in [2.24, 2.45) is 5.92 Å². The Morgan fingerprint density at radius 1 is 1.21 bits per heavy atom. The summed E-state index contributed by atoms with van der Waals surface area (Å²) < 4.78 is 5.84. The first-order valence-electron chi connectivity index (χ1n) is 7.43. The second-order valence-corrected chi connectivity index (χ2v) is 6.67. The monoisotopic (exact) mass is 261 g/mol. The van der Waals surface area contributed by atoms with Crippen molar-refractivity contribution in [3.63, 3.8) is 0 Å². The van der Waals surface area contributed by atoms with Crippen LogP contribution in [0.1, 0.15) is 44.7 Å². The fraction of sp³-hybridized carbons (Fsp3) is 0.647. The third kappa shape index (κ3) is 4.63. The largest absolute Gasteiger partial charge is 0.376 e. The summed E-state index contributed by atoms with van der Waals surface area (Å²) in [6.07, 6.45) is 2.59. The van der Waals surface area contributed by atoms with Gasteiger partial charge in [0.2, 0.25) is 0 Å². The Morgan fingerprint density at radius 2 is 1.95 bits per heavy atom. The van der Waals surface area contributed by atoms with Gasteiger partial charge in [0.1, 0.15) is 0 Å². The fourth-order valence-corrected chi connectivity index (χ4v) is 2.51.